The fourth-order valence-corrected chi connectivity index (χ4v) is 2.32. The van der Waals surface area contributed by atoms with E-state index in [2.05, 4.69) is 0 Å². The summed E-state index contributed by atoms with van der Waals surface area (Å²) >= 11 is 0. The lowest BCUT2D eigenvalue weighted by Gasteiger charge is -2.07. The minimum atomic E-state index is -3.78. The van der Waals surface area contributed by atoms with E-state index in [9.17, 15) is 8.42 Å². The van der Waals surface area contributed by atoms with E-state index < -0.39 is 10.0 Å². The summed E-state index contributed by atoms with van der Waals surface area (Å²) in [4.78, 5) is 0.00732. The number of rotatable bonds is 3. The van der Waals surface area contributed by atoms with Gasteiger partial charge >= 0.3 is 0 Å². The molecule has 18 heavy (non-hydrogen) atoms. The van der Waals surface area contributed by atoms with Crippen LogP contribution in [0.2, 0.25) is 0 Å². The number of aliphatic hydroxyl groups excluding tert-OH is 1. The largest absolute Gasteiger partial charge is 0.392 e. The highest BCUT2D eigenvalue weighted by Gasteiger charge is 2.11. The Morgan fingerprint density at radius 2 is 1.67 bits per heavy atom. The Morgan fingerprint density at radius 1 is 1.00 bits per heavy atom. The average molecular weight is 263 g/mol. The molecule has 0 aliphatic rings. The fraction of sp³-hybridized carbons (Fsp3) is 0.0769. The van der Waals surface area contributed by atoms with Crippen molar-refractivity contribution in [2.45, 2.75) is 11.5 Å². The molecule has 4 nitrogen and oxygen atoms in total. The number of hydrogen-bond acceptors (Lipinski definition) is 3. The van der Waals surface area contributed by atoms with Gasteiger partial charge in [0.25, 0.3) is 0 Å². The predicted octanol–water partition coefficient (Wildman–Crippen LogP) is 1.49. The summed E-state index contributed by atoms with van der Waals surface area (Å²) in [6, 6.07) is 13.9. The Hall–Kier alpha value is -1.69. The molecule has 0 saturated heterocycles. The normalized spacial score (nSPS) is 11.4. The van der Waals surface area contributed by atoms with Crippen LogP contribution < -0.4 is 5.14 Å². The van der Waals surface area contributed by atoms with E-state index in [-0.39, 0.29) is 11.5 Å². The van der Waals surface area contributed by atoms with E-state index >= 15 is 0 Å². The Morgan fingerprint density at radius 3 is 2.22 bits per heavy atom. The SMILES string of the molecule is NS(=O)(=O)c1cc(CO)cc(-c2ccccc2)c1. The van der Waals surface area contributed by atoms with Gasteiger partial charge in [0.05, 0.1) is 11.5 Å². The van der Waals surface area contributed by atoms with Crippen LogP contribution in [0.25, 0.3) is 11.1 Å². The summed E-state index contributed by atoms with van der Waals surface area (Å²) in [5, 5.41) is 14.3. The molecule has 0 heterocycles. The molecule has 0 fully saturated rings. The molecule has 2 aromatic rings. The van der Waals surface area contributed by atoms with E-state index in [0.29, 0.717) is 11.1 Å². The molecule has 0 spiro atoms. The van der Waals surface area contributed by atoms with Gasteiger partial charge in [0.2, 0.25) is 10.0 Å². The Labute approximate surface area is 106 Å². The smallest absolute Gasteiger partial charge is 0.238 e. The van der Waals surface area contributed by atoms with Gasteiger partial charge in [0.1, 0.15) is 0 Å². The third-order valence-electron chi connectivity index (χ3n) is 2.58. The van der Waals surface area contributed by atoms with Crippen molar-refractivity contribution in [3.05, 3.63) is 54.1 Å². The molecule has 0 atom stereocenters. The molecule has 0 aliphatic heterocycles. The van der Waals surface area contributed by atoms with Gasteiger partial charge < -0.3 is 5.11 Å². The van der Waals surface area contributed by atoms with Crippen molar-refractivity contribution in [1.29, 1.82) is 0 Å². The third-order valence-corrected chi connectivity index (χ3v) is 3.48. The number of primary sulfonamides is 1. The molecule has 94 valence electrons. The van der Waals surface area contributed by atoms with Crippen molar-refractivity contribution >= 4 is 10.0 Å². The van der Waals surface area contributed by atoms with Crippen LogP contribution in [0.1, 0.15) is 5.56 Å². The summed E-state index contributed by atoms with van der Waals surface area (Å²) in [7, 11) is -3.78. The highest BCUT2D eigenvalue weighted by molar-refractivity contribution is 7.89. The van der Waals surface area contributed by atoms with Crippen LogP contribution in [0, 0.1) is 0 Å². The number of nitrogens with two attached hydrogens (primary N) is 1. The second-order valence-corrected chi connectivity index (χ2v) is 5.50. The van der Waals surface area contributed by atoms with E-state index in [4.69, 9.17) is 10.2 Å². The van der Waals surface area contributed by atoms with E-state index in [1.807, 2.05) is 30.3 Å². The second-order valence-electron chi connectivity index (χ2n) is 3.93. The maximum absolute atomic E-state index is 11.4. The van der Waals surface area contributed by atoms with Gasteiger partial charge in [-0.25, -0.2) is 13.6 Å². The highest BCUT2D eigenvalue weighted by Crippen LogP contribution is 2.24. The zero-order chi connectivity index (χ0) is 13.2. The molecule has 0 unspecified atom stereocenters. The fourth-order valence-electron chi connectivity index (χ4n) is 1.71. The van der Waals surface area contributed by atoms with Gasteiger partial charge in [-0.05, 0) is 34.9 Å². The van der Waals surface area contributed by atoms with Crippen LogP contribution in [-0.2, 0) is 16.6 Å². The maximum Gasteiger partial charge on any atom is 0.238 e. The van der Waals surface area contributed by atoms with Crippen LogP contribution in [-0.4, -0.2) is 13.5 Å². The maximum atomic E-state index is 11.4. The monoisotopic (exact) mass is 263 g/mol. The number of sulfonamides is 1. The molecule has 5 heteroatoms. The molecule has 0 bridgehead atoms. The highest BCUT2D eigenvalue weighted by atomic mass is 32.2. The van der Waals surface area contributed by atoms with Crippen LogP contribution in [0.4, 0.5) is 0 Å². The Kier molecular flexibility index (Phi) is 3.47. The summed E-state index contributed by atoms with van der Waals surface area (Å²) in [5.74, 6) is 0. The van der Waals surface area contributed by atoms with Crippen molar-refractivity contribution < 1.29 is 13.5 Å². The topological polar surface area (TPSA) is 80.4 Å². The Balaban J connectivity index is 2.62. The standard InChI is InChI=1S/C13H13NO3S/c14-18(16,17)13-7-10(9-15)6-12(8-13)11-4-2-1-3-5-11/h1-8,15H,9H2,(H2,14,16,17). The van der Waals surface area contributed by atoms with Gasteiger partial charge in [-0.15, -0.1) is 0 Å². The van der Waals surface area contributed by atoms with Crippen molar-refractivity contribution in [3.8, 4) is 11.1 Å². The quantitative estimate of drug-likeness (QED) is 0.880. The lowest BCUT2D eigenvalue weighted by molar-refractivity contribution is 0.281. The summed E-state index contributed by atoms with van der Waals surface area (Å²) in [5.41, 5.74) is 2.10. The molecule has 2 aromatic carbocycles. The van der Waals surface area contributed by atoms with Crippen LogP contribution >= 0.6 is 0 Å². The third kappa shape index (κ3) is 2.76. The molecule has 0 aliphatic carbocycles. The zero-order valence-corrected chi connectivity index (χ0v) is 10.4. The van der Waals surface area contributed by atoms with Crippen LogP contribution in [0.5, 0.6) is 0 Å². The second kappa shape index (κ2) is 4.89. The van der Waals surface area contributed by atoms with Crippen molar-refractivity contribution in [2.24, 2.45) is 5.14 Å². The van der Waals surface area contributed by atoms with E-state index in [1.165, 1.54) is 12.1 Å². The van der Waals surface area contributed by atoms with Gasteiger partial charge in [-0.3, -0.25) is 0 Å². The summed E-state index contributed by atoms with van der Waals surface area (Å²) < 4.78 is 22.8. The first-order chi connectivity index (χ1) is 8.50. The molecule has 2 rings (SSSR count). The molecular formula is C13H13NO3S. The lowest BCUT2D eigenvalue weighted by Crippen LogP contribution is -2.12. The van der Waals surface area contributed by atoms with E-state index in [1.54, 1.807) is 6.07 Å². The first-order valence-corrected chi connectivity index (χ1v) is 6.88. The Bertz CT molecular complexity index is 651. The zero-order valence-electron chi connectivity index (χ0n) is 9.58. The molecular weight excluding hydrogens is 250 g/mol. The van der Waals surface area contributed by atoms with Gasteiger partial charge in [-0.2, -0.15) is 0 Å². The molecule has 0 aromatic heterocycles. The molecule has 3 N–H and O–H groups in total. The number of benzene rings is 2. The molecule has 0 radical (unpaired) electrons. The number of aliphatic hydroxyl groups is 1. The summed E-state index contributed by atoms with van der Waals surface area (Å²) in [6.45, 7) is -0.233. The van der Waals surface area contributed by atoms with Crippen molar-refractivity contribution in [2.75, 3.05) is 0 Å². The predicted molar refractivity (Wildman–Crippen MR) is 69.2 cm³/mol. The number of hydrogen-bond donors (Lipinski definition) is 2. The minimum Gasteiger partial charge on any atom is -0.392 e. The first kappa shape index (κ1) is 12.8. The minimum absolute atomic E-state index is 0.00732. The molecule has 0 amide bonds. The van der Waals surface area contributed by atoms with Crippen molar-refractivity contribution in [1.82, 2.24) is 0 Å². The molecule has 0 saturated carbocycles. The lowest BCUT2D eigenvalue weighted by atomic mass is 10.0. The van der Waals surface area contributed by atoms with Gasteiger partial charge in [-0.1, -0.05) is 30.3 Å². The summed E-state index contributed by atoms with van der Waals surface area (Å²) in [6.07, 6.45) is 0. The average Bonchev–Trinajstić information content (AvgIpc) is 2.38. The van der Waals surface area contributed by atoms with Gasteiger partial charge in [0, 0.05) is 0 Å². The van der Waals surface area contributed by atoms with E-state index in [0.717, 1.165) is 5.56 Å². The first-order valence-electron chi connectivity index (χ1n) is 5.34. The van der Waals surface area contributed by atoms with Crippen LogP contribution in [0.3, 0.4) is 0 Å². The van der Waals surface area contributed by atoms with Crippen LogP contribution in [0.15, 0.2) is 53.4 Å². The van der Waals surface area contributed by atoms with Gasteiger partial charge in [0.15, 0.2) is 0 Å². The van der Waals surface area contributed by atoms with Crippen molar-refractivity contribution in [3.63, 3.8) is 0 Å².